The van der Waals surface area contributed by atoms with Gasteiger partial charge in [-0.15, -0.1) is 0 Å². The first-order chi connectivity index (χ1) is 7.18. The van der Waals surface area contributed by atoms with Gasteiger partial charge < -0.3 is 4.74 Å². The number of nitrogens with zero attached hydrogens (tertiary/aromatic N) is 1. The van der Waals surface area contributed by atoms with Crippen molar-refractivity contribution in [3.63, 3.8) is 0 Å². The summed E-state index contributed by atoms with van der Waals surface area (Å²) in [5, 5.41) is 0. The zero-order valence-corrected chi connectivity index (χ0v) is 13.7. The van der Waals surface area contributed by atoms with Gasteiger partial charge in [-0.3, -0.25) is 4.67 Å². The third-order valence-corrected chi connectivity index (χ3v) is 4.99. The first-order valence-electron chi connectivity index (χ1n) is 6.02. The Morgan fingerprint density at radius 2 is 1.69 bits per heavy atom. The molecule has 4 heteroatoms. The zero-order chi connectivity index (χ0) is 12.6. The maximum atomic E-state index is 6.07. The van der Waals surface area contributed by atoms with Crippen molar-refractivity contribution in [2.75, 3.05) is 13.2 Å². The third-order valence-electron chi connectivity index (χ3n) is 3.16. The molecule has 0 N–H and O–H groups in total. The molecule has 4 unspecified atom stereocenters. The normalized spacial score (nSPS) is 30.2. The maximum absolute atomic E-state index is 6.07. The monoisotopic (exact) mass is 263 g/mol. The second kappa shape index (κ2) is 5.19. The first-order valence-corrected chi connectivity index (χ1v) is 8.78. The lowest BCUT2D eigenvalue weighted by molar-refractivity contribution is -0.119. The third kappa shape index (κ3) is 3.39. The Morgan fingerprint density at radius 1 is 1.12 bits per heavy atom. The molecule has 0 aliphatic carbocycles. The number of hydrogen-bond donors (Lipinski definition) is 0. The van der Waals surface area contributed by atoms with Crippen molar-refractivity contribution >= 4 is 17.3 Å². The first kappa shape index (κ1) is 14.8. The van der Waals surface area contributed by atoms with Crippen LogP contribution in [0.15, 0.2) is 0 Å². The molecular formula is C12H27NOP2. The van der Waals surface area contributed by atoms with Crippen molar-refractivity contribution in [2.45, 2.75) is 53.7 Å². The van der Waals surface area contributed by atoms with Gasteiger partial charge in [-0.2, -0.15) is 0 Å². The van der Waals surface area contributed by atoms with E-state index in [1.165, 1.54) is 0 Å². The smallest absolute Gasteiger partial charge is 0.0787 e. The fourth-order valence-electron chi connectivity index (χ4n) is 2.46. The van der Waals surface area contributed by atoms with Crippen molar-refractivity contribution in [1.82, 2.24) is 4.67 Å². The minimum Gasteiger partial charge on any atom is -0.375 e. The van der Waals surface area contributed by atoms with Crippen LogP contribution in [0.4, 0.5) is 0 Å². The lowest BCUT2D eigenvalue weighted by Gasteiger charge is -2.51. The van der Waals surface area contributed by atoms with Gasteiger partial charge in [0.15, 0.2) is 0 Å². The standard InChI is InChI=1S/C12H27NOP2/c1-11(2,3)9-10(12(4,5)6)14-8-7-13(9)16-15/h9-10,16H,7-8,15H2,1-6H3. The van der Waals surface area contributed by atoms with E-state index in [0.29, 0.717) is 12.1 Å². The highest BCUT2D eigenvalue weighted by Gasteiger charge is 2.44. The number of morpholine rings is 1. The Balaban J connectivity index is 2.97. The molecule has 0 aromatic heterocycles. The highest BCUT2D eigenvalue weighted by Crippen LogP contribution is 2.44. The summed E-state index contributed by atoms with van der Waals surface area (Å²) < 4.78 is 8.64. The minimum atomic E-state index is 0.209. The molecule has 2 nitrogen and oxygen atoms in total. The van der Waals surface area contributed by atoms with Gasteiger partial charge in [0.25, 0.3) is 0 Å². The molecule has 0 saturated carbocycles. The molecule has 0 aromatic rings. The molecule has 0 amide bonds. The van der Waals surface area contributed by atoms with E-state index in [1.54, 1.807) is 0 Å². The minimum absolute atomic E-state index is 0.209. The van der Waals surface area contributed by atoms with Crippen LogP contribution in [0, 0.1) is 10.8 Å². The lowest BCUT2D eigenvalue weighted by atomic mass is 9.73. The Kier molecular flexibility index (Phi) is 4.81. The Morgan fingerprint density at radius 3 is 2.06 bits per heavy atom. The highest BCUT2D eigenvalue weighted by molar-refractivity contribution is 8.01. The molecule has 0 aromatic carbocycles. The quantitative estimate of drug-likeness (QED) is 0.671. The fraction of sp³-hybridized carbons (Fsp3) is 1.00. The van der Waals surface area contributed by atoms with Crippen LogP contribution in [0.1, 0.15) is 41.5 Å². The summed E-state index contributed by atoms with van der Waals surface area (Å²) in [5.74, 6) is 0. The molecule has 0 radical (unpaired) electrons. The topological polar surface area (TPSA) is 12.5 Å². The van der Waals surface area contributed by atoms with E-state index in [2.05, 4.69) is 55.1 Å². The Labute approximate surface area is 105 Å². The van der Waals surface area contributed by atoms with E-state index >= 15 is 0 Å². The van der Waals surface area contributed by atoms with Crippen LogP contribution < -0.4 is 0 Å². The van der Waals surface area contributed by atoms with Crippen LogP contribution in [0.5, 0.6) is 0 Å². The van der Waals surface area contributed by atoms with Crippen LogP contribution in [-0.4, -0.2) is 30.0 Å². The van der Waals surface area contributed by atoms with Crippen LogP contribution in [0.2, 0.25) is 0 Å². The van der Waals surface area contributed by atoms with E-state index in [-0.39, 0.29) is 10.8 Å². The summed E-state index contributed by atoms with van der Waals surface area (Å²) in [5.41, 5.74) is 0.475. The maximum Gasteiger partial charge on any atom is 0.0787 e. The van der Waals surface area contributed by atoms with Gasteiger partial charge >= 0.3 is 0 Å². The summed E-state index contributed by atoms with van der Waals surface area (Å²) in [6.07, 6.45) is 0.328. The van der Waals surface area contributed by atoms with E-state index in [9.17, 15) is 0 Å². The molecule has 16 heavy (non-hydrogen) atoms. The molecule has 1 aliphatic rings. The van der Waals surface area contributed by atoms with Gasteiger partial charge in [0.1, 0.15) is 0 Å². The molecule has 96 valence electrons. The zero-order valence-electron chi connectivity index (χ0n) is 11.5. The second-order valence-electron chi connectivity index (χ2n) is 6.79. The van der Waals surface area contributed by atoms with E-state index in [0.717, 1.165) is 21.6 Å². The molecule has 0 spiro atoms. The molecule has 1 fully saturated rings. The van der Waals surface area contributed by atoms with Crippen molar-refractivity contribution in [1.29, 1.82) is 0 Å². The van der Waals surface area contributed by atoms with Gasteiger partial charge in [-0.25, -0.2) is 0 Å². The molecular weight excluding hydrogens is 236 g/mol. The van der Waals surface area contributed by atoms with Gasteiger partial charge in [0.2, 0.25) is 0 Å². The summed E-state index contributed by atoms with van der Waals surface area (Å²) in [7, 11) is 3.68. The van der Waals surface area contributed by atoms with E-state index in [4.69, 9.17) is 4.74 Å². The second-order valence-corrected chi connectivity index (χ2v) is 8.40. The van der Waals surface area contributed by atoms with E-state index in [1.807, 2.05) is 0 Å². The summed E-state index contributed by atoms with van der Waals surface area (Å²) in [6.45, 7) is 15.8. The van der Waals surface area contributed by atoms with Gasteiger partial charge in [0.05, 0.1) is 12.7 Å². The van der Waals surface area contributed by atoms with Crippen molar-refractivity contribution in [3.8, 4) is 0 Å². The van der Waals surface area contributed by atoms with Crippen molar-refractivity contribution in [2.24, 2.45) is 10.8 Å². The van der Waals surface area contributed by atoms with Gasteiger partial charge in [-0.1, -0.05) is 50.5 Å². The number of ether oxygens (including phenoxy) is 1. The van der Waals surface area contributed by atoms with Crippen LogP contribution in [-0.2, 0) is 4.74 Å². The lowest BCUT2D eigenvalue weighted by Crippen LogP contribution is -2.57. The summed E-state index contributed by atoms with van der Waals surface area (Å²) in [4.78, 5) is 0. The summed E-state index contributed by atoms with van der Waals surface area (Å²) >= 11 is 0. The Hall–Kier alpha value is 0.780. The number of rotatable bonds is 1. The van der Waals surface area contributed by atoms with Crippen molar-refractivity contribution < 1.29 is 4.74 Å². The molecule has 1 saturated heterocycles. The average Bonchev–Trinajstić information content (AvgIpc) is 2.13. The molecule has 1 aliphatic heterocycles. The predicted molar refractivity (Wildman–Crippen MR) is 77.2 cm³/mol. The average molecular weight is 263 g/mol. The molecule has 4 atom stereocenters. The van der Waals surface area contributed by atoms with Crippen LogP contribution >= 0.6 is 17.3 Å². The van der Waals surface area contributed by atoms with Crippen LogP contribution in [0.25, 0.3) is 0 Å². The van der Waals surface area contributed by atoms with Gasteiger partial charge in [-0.05, 0) is 19.3 Å². The SMILES string of the molecule is CC(C)(C)C1OCCN(PP)C1C(C)(C)C. The van der Waals surface area contributed by atoms with Gasteiger partial charge in [0, 0.05) is 12.6 Å². The van der Waals surface area contributed by atoms with Crippen molar-refractivity contribution in [3.05, 3.63) is 0 Å². The molecule has 1 heterocycles. The molecule has 0 bridgehead atoms. The Bertz CT molecular complexity index is 232. The van der Waals surface area contributed by atoms with E-state index < -0.39 is 0 Å². The predicted octanol–water partition coefficient (Wildman–Crippen LogP) is 3.53. The fourth-order valence-corrected chi connectivity index (χ4v) is 4.23. The largest absolute Gasteiger partial charge is 0.375 e. The highest BCUT2D eigenvalue weighted by atomic mass is 32.0. The van der Waals surface area contributed by atoms with Crippen LogP contribution in [0.3, 0.4) is 0 Å². The summed E-state index contributed by atoms with van der Waals surface area (Å²) in [6, 6.07) is 0.511. The molecule has 1 rings (SSSR count). The number of hydrogen-bond acceptors (Lipinski definition) is 2.